The standard InChI is InChI=1S/C10H9F3N4/c1-6-4-7(14)9(15-5-6)17-3-2-8(16-17)10(11,12)13/h2-5H,14H2,1H3. The maximum atomic E-state index is 12.4. The third-order valence-electron chi connectivity index (χ3n) is 2.13. The van der Waals surface area contributed by atoms with Crippen LogP contribution in [0.2, 0.25) is 0 Å². The highest BCUT2D eigenvalue weighted by molar-refractivity contribution is 5.53. The Morgan fingerprint density at radius 3 is 2.59 bits per heavy atom. The zero-order chi connectivity index (χ0) is 12.6. The Kier molecular flexibility index (Phi) is 2.53. The lowest BCUT2D eigenvalue weighted by molar-refractivity contribution is -0.141. The number of aromatic nitrogens is 3. The Morgan fingerprint density at radius 2 is 2.06 bits per heavy atom. The van der Waals surface area contributed by atoms with E-state index in [0.29, 0.717) is 0 Å². The zero-order valence-corrected chi connectivity index (χ0v) is 8.86. The van der Waals surface area contributed by atoms with E-state index >= 15 is 0 Å². The summed E-state index contributed by atoms with van der Waals surface area (Å²) in [6.07, 6.45) is -1.78. The maximum Gasteiger partial charge on any atom is 0.435 e. The number of aryl methyl sites for hydroxylation is 1. The highest BCUT2D eigenvalue weighted by Crippen LogP contribution is 2.28. The van der Waals surface area contributed by atoms with Crippen molar-refractivity contribution < 1.29 is 13.2 Å². The van der Waals surface area contributed by atoms with Crippen LogP contribution in [0.5, 0.6) is 0 Å². The van der Waals surface area contributed by atoms with Crippen molar-refractivity contribution >= 4 is 5.69 Å². The summed E-state index contributed by atoms with van der Waals surface area (Å²) >= 11 is 0. The quantitative estimate of drug-likeness (QED) is 0.833. The van der Waals surface area contributed by atoms with Crippen LogP contribution in [0.3, 0.4) is 0 Å². The van der Waals surface area contributed by atoms with Gasteiger partial charge in [0.15, 0.2) is 11.5 Å². The minimum absolute atomic E-state index is 0.186. The van der Waals surface area contributed by atoms with Crippen molar-refractivity contribution in [1.29, 1.82) is 0 Å². The topological polar surface area (TPSA) is 56.7 Å². The van der Waals surface area contributed by atoms with Crippen LogP contribution < -0.4 is 5.73 Å². The van der Waals surface area contributed by atoms with Gasteiger partial charge in [-0.1, -0.05) is 0 Å². The predicted octanol–water partition coefficient (Wildman–Crippen LogP) is 2.18. The molecule has 0 atom stereocenters. The first-order valence-corrected chi connectivity index (χ1v) is 4.73. The monoisotopic (exact) mass is 242 g/mol. The Hall–Kier alpha value is -2.05. The molecule has 4 nitrogen and oxygen atoms in total. The van der Waals surface area contributed by atoms with E-state index in [-0.39, 0.29) is 11.5 Å². The second-order valence-corrected chi connectivity index (χ2v) is 3.57. The van der Waals surface area contributed by atoms with Gasteiger partial charge in [-0.05, 0) is 24.6 Å². The largest absolute Gasteiger partial charge is 0.435 e. The average molecular weight is 242 g/mol. The summed E-state index contributed by atoms with van der Waals surface area (Å²) in [4.78, 5) is 3.95. The summed E-state index contributed by atoms with van der Waals surface area (Å²) in [6, 6.07) is 2.50. The average Bonchev–Trinajstić information content (AvgIpc) is 2.65. The summed E-state index contributed by atoms with van der Waals surface area (Å²) in [5.74, 6) is 0.186. The van der Waals surface area contributed by atoms with Crippen LogP contribution in [-0.4, -0.2) is 14.8 Å². The molecule has 2 aromatic rings. The predicted molar refractivity (Wildman–Crippen MR) is 55.5 cm³/mol. The van der Waals surface area contributed by atoms with Crippen LogP contribution in [0, 0.1) is 6.92 Å². The van der Waals surface area contributed by atoms with E-state index < -0.39 is 11.9 Å². The number of hydrogen-bond acceptors (Lipinski definition) is 3. The number of hydrogen-bond donors (Lipinski definition) is 1. The summed E-state index contributed by atoms with van der Waals surface area (Å²) in [7, 11) is 0. The minimum atomic E-state index is -4.47. The number of pyridine rings is 1. The molecule has 2 aromatic heterocycles. The Labute approximate surface area is 94.9 Å². The van der Waals surface area contributed by atoms with Gasteiger partial charge in [-0.3, -0.25) is 0 Å². The lowest BCUT2D eigenvalue weighted by Gasteiger charge is -2.05. The lowest BCUT2D eigenvalue weighted by Crippen LogP contribution is -2.09. The number of alkyl halides is 3. The van der Waals surface area contributed by atoms with E-state index in [4.69, 9.17) is 5.73 Å². The van der Waals surface area contributed by atoms with Gasteiger partial charge < -0.3 is 5.73 Å². The number of halogens is 3. The molecule has 0 fully saturated rings. The molecule has 2 rings (SSSR count). The SMILES string of the molecule is Cc1cnc(-n2ccc(C(F)(F)F)n2)c(N)c1. The van der Waals surface area contributed by atoms with Crippen molar-refractivity contribution in [2.24, 2.45) is 0 Å². The molecule has 0 aliphatic carbocycles. The molecule has 90 valence electrons. The number of nitrogens with zero attached hydrogens (tertiary/aromatic N) is 3. The molecule has 7 heteroatoms. The molecule has 0 amide bonds. The van der Waals surface area contributed by atoms with E-state index in [2.05, 4.69) is 10.1 Å². The molecular formula is C10H9F3N4. The molecule has 0 saturated carbocycles. The Balaban J connectivity index is 2.44. The molecule has 0 aliphatic rings. The lowest BCUT2D eigenvalue weighted by atomic mass is 10.3. The third-order valence-corrected chi connectivity index (χ3v) is 2.13. The molecule has 17 heavy (non-hydrogen) atoms. The maximum absolute atomic E-state index is 12.4. The van der Waals surface area contributed by atoms with Gasteiger partial charge in [0.25, 0.3) is 0 Å². The number of nitrogens with two attached hydrogens (primary N) is 1. The summed E-state index contributed by atoms with van der Waals surface area (Å²) in [5.41, 5.74) is 5.80. The first-order valence-electron chi connectivity index (χ1n) is 4.73. The van der Waals surface area contributed by atoms with Crippen LogP contribution in [-0.2, 0) is 6.18 Å². The molecule has 0 unspecified atom stereocenters. The van der Waals surface area contributed by atoms with E-state index in [1.54, 1.807) is 13.0 Å². The van der Waals surface area contributed by atoms with Gasteiger partial charge >= 0.3 is 6.18 Å². The molecule has 2 heterocycles. The van der Waals surface area contributed by atoms with Gasteiger partial charge in [0.1, 0.15) is 0 Å². The van der Waals surface area contributed by atoms with E-state index in [1.807, 2.05) is 0 Å². The molecule has 0 aromatic carbocycles. The van der Waals surface area contributed by atoms with E-state index in [9.17, 15) is 13.2 Å². The second-order valence-electron chi connectivity index (χ2n) is 3.57. The van der Waals surface area contributed by atoms with Gasteiger partial charge in [-0.2, -0.15) is 18.3 Å². The first-order chi connectivity index (χ1) is 7.88. The molecule has 0 bridgehead atoms. The highest BCUT2D eigenvalue weighted by atomic mass is 19.4. The molecule has 0 radical (unpaired) electrons. The fraction of sp³-hybridized carbons (Fsp3) is 0.200. The van der Waals surface area contributed by atoms with Crippen LogP contribution in [0.1, 0.15) is 11.3 Å². The fourth-order valence-corrected chi connectivity index (χ4v) is 1.37. The highest BCUT2D eigenvalue weighted by Gasteiger charge is 2.33. The van der Waals surface area contributed by atoms with Crippen LogP contribution in [0.15, 0.2) is 24.5 Å². The zero-order valence-electron chi connectivity index (χ0n) is 8.86. The van der Waals surface area contributed by atoms with E-state index in [1.165, 1.54) is 12.4 Å². The summed E-state index contributed by atoms with van der Waals surface area (Å²) in [6.45, 7) is 1.79. The van der Waals surface area contributed by atoms with Gasteiger partial charge in [0.2, 0.25) is 0 Å². The minimum Gasteiger partial charge on any atom is -0.396 e. The van der Waals surface area contributed by atoms with E-state index in [0.717, 1.165) is 16.3 Å². The van der Waals surface area contributed by atoms with Gasteiger partial charge in [-0.15, -0.1) is 0 Å². The van der Waals surface area contributed by atoms with Crippen molar-refractivity contribution in [2.75, 3.05) is 5.73 Å². The van der Waals surface area contributed by atoms with Crippen molar-refractivity contribution in [3.63, 3.8) is 0 Å². The van der Waals surface area contributed by atoms with Crippen LogP contribution in [0.4, 0.5) is 18.9 Å². The second kappa shape index (κ2) is 3.76. The smallest absolute Gasteiger partial charge is 0.396 e. The van der Waals surface area contributed by atoms with Gasteiger partial charge in [-0.25, -0.2) is 9.67 Å². The first kappa shape index (κ1) is 11.4. The van der Waals surface area contributed by atoms with Crippen molar-refractivity contribution in [2.45, 2.75) is 13.1 Å². The van der Waals surface area contributed by atoms with Crippen LogP contribution >= 0.6 is 0 Å². The summed E-state index contributed by atoms with van der Waals surface area (Å²) < 4.78 is 38.1. The molecule has 0 spiro atoms. The molecule has 0 aliphatic heterocycles. The van der Waals surface area contributed by atoms with Gasteiger partial charge in [0.05, 0.1) is 5.69 Å². The fourth-order valence-electron chi connectivity index (χ4n) is 1.37. The molecule has 0 saturated heterocycles. The third kappa shape index (κ3) is 2.22. The van der Waals surface area contributed by atoms with Crippen LogP contribution in [0.25, 0.3) is 5.82 Å². The number of anilines is 1. The van der Waals surface area contributed by atoms with Crippen molar-refractivity contribution in [1.82, 2.24) is 14.8 Å². The van der Waals surface area contributed by atoms with Crippen molar-refractivity contribution in [3.8, 4) is 5.82 Å². The normalized spacial score (nSPS) is 11.8. The Morgan fingerprint density at radius 1 is 1.35 bits per heavy atom. The molecular weight excluding hydrogens is 233 g/mol. The summed E-state index contributed by atoms with van der Waals surface area (Å²) in [5, 5.41) is 3.39. The number of nitrogen functional groups attached to an aromatic ring is 1. The Bertz CT molecular complexity index is 545. The van der Waals surface area contributed by atoms with Gasteiger partial charge in [0, 0.05) is 12.4 Å². The number of rotatable bonds is 1. The molecule has 2 N–H and O–H groups in total. The van der Waals surface area contributed by atoms with Crippen molar-refractivity contribution in [3.05, 3.63) is 35.8 Å².